The number of fused-ring (bicyclic) bond motifs is 1. The van der Waals surface area contributed by atoms with Crippen LogP contribution >= 0.6 is 0 Å². The lowest BCUT2D eigenvalue weighted by Crippen LogP contribution is -2.41. The quantitative estimate of drug-likeness (QED) is 0.599. The molecule has 8 nitrogen and oxygen atoms in total. The highest BCUT2D eigenvalue weighted by Gasteiger charge is 2.37. The first-order valence-corrected chi connectivity index (χ1v) is 9.33. The Morgan fingerprint density at radius 1 is 1.10 bits per heavy atom. The van der Waals surface area contributed by atoms with Crippen LogP contribution in [-0.2, 0) is 9.53 Å². The summed E-state index contributed by atoms with van der Waals surface area (Å²) in [6.07, 6.45) is -2.99. The van der Waals surface area contributed by atoms with Crippen molar-refractivity contribution in [1.82, 2.24) is 0 Å². The Bertz CT molecular complexity index is 1180. The van der Waals surface area contributed by atoms with Crippen molar-refractivity contribution in [3.05, 3.63) is 52.2 Å². The van der Waals surface area contributed by atoms with Gasteiger partial charge in [0.25, 0.3) is 0 Å². The van der Waals surface area contributed by atoms with Gasteiger partial charge in [0.15, 0.2) is 16.8 Å². The van der Waals surface area contributed by atoms with Gasteiger partial charge in [0.05, 0.1) is 24.9 Å². The van der Waals surface area contributed by atoms with Gasteiger partial charge in [0.1, 0.15) is 34.5 Å². The van der Waals surface area contributed by atoms with Crippen LogP contribution < -0.4 is 10.2 Å². The third-order valence-electron chi connectivity index (χ3n) is 5.22. The molecule has 1 aromatic heterocycles. The van der Waals surface area contributed by atoms with Gasteiger partial charge >= 0.3 is 0 Å². The summed E-state index contributed by atoms with van der Waals surface area (Å²) in [5.41, 5.74) is 0.374. The van der Waals surface area contributed by atoms with Crippen LogP contribution in [0.15, 0.2) is 45.6 Å². The number of phenolic OH excluding ortho intramolecular Hbond substituents is 2. The molecular weight excluding hydrogens is 392 g/mol. The van der Waals surface area contributed by atoms with Gasteiger partial charge in [-0.25, -0.2) is 0 Å². The maximum atomic E-state index is 12.8. The van der Waals surface area contributed by atoms with Gasteiger partial charge in [-0.15, -0.1) is 0 Å². The number of hydrogen-bond acceptors (Lipinski definition) is 8. The minimum atomic E-state index is -1.24. The summed E-state index contributed by atoms with van der Waals surface area (Å²) in [5, 5.41) is 29.8. The van der Waals surface area contributed by atoms with Crippen molar-refractivity contribution in [2.75, 3.05) is 7.11 Å². The molecule has 8 heteroatoms. The number of ketones is 1. The van der Waals surface area contributed by atoms with Crippen molar-refractivity contribution in [3.8, 4) is 28.6 Å². The van der Waals surface area contributed by atoms with Crippen LogP contribution in [0.5, 0.6) is 17.2 Å². The number of carbonyl (C=O) groups is 1. The highest BCUT2D eigenvalue weighted by atomic mass is 16.5. The van der Waals surface area contributed by atoms with E-state index in [1.807, 2.05) is 0 Å². The molecule has 1 saturated heterocycles. The van der Waals surface area contributed by atoms with Crippen molar-refractivity contribution >= 4 is 16.8 Å². The second kappa shape index (κ2) is 7.47. The number of methoxy groups -OCH3 is 1. The molecule has 0 spiro atoms. The maximum Gasteiger partial charge on any atom is 0.197 e. The van der Waals surface area contributed by atoms with Crippen LogP contribution in [0.2, 0.25) is 0 Å². The van der Waals surface area contributed by atoms with Gasteiger partial charge in [-0.05, 0) is 31.2 Å². The Balaban J connectivity index is 1.98. The zero-order valence-electron chi connectivity index (χ0n) is 16.3. The molecule has 0 aliphatic carbocycles. The SMILES string of the molecule is COc1cc(O)c2c(=O)cc(-c3ccc(O)cc3)oc2c1[C@H]1CC(=O)[C@H](O)[C@@H](C)O1. The zero-order chi connectivity index (χ0) is 21.6. The fraction of sp³-hybridized carbons (Fsp3) is 0.273. The number of aliphatic hydroxyl groups is 1. The van der Waals surface area contributed by atoms with E-state index in [1.165, 1.54) is 31.4 Å². The van der Waals surface area contributed by atoms with E-state index in [0.29, 0.717) is 11.1 Å². The molecule has 0 saturated carbocycles. The van der Waals surface area contributed by atoms with Gasteiger partial charge < -0.3 is 29.2 Å². The van der Waals surface area contributed by atoms with E-state index in [0.717, 1.165) is 0 Å². The van der Waals surface area contributed by atoms with E-state index in [1.54, 1.807) is 19.1 Å². The molecule has 2 heterocycles. The van der Waals surface area contributed by atoms with Crippen LogP contribution in [-0.4, -0.2) is 40.4 Å². The number of Topliss-reactive ketones (excluding diaryl/α,β-unsaturated/α-hetero) is 1. The topological polar surface area (TPSA) is 126 Å². The van der Waals surface area contributed by atoms with E-state index in [-0.39, 0.29) is 40.4 Å². The molecule has 0 bridgehead atoms. The Morgan fingerprint density at radius 2 is 1.80 bits per heavy atom. The molecule has 3 atom stereocenters. The molecule has 156 valence electrons. The first kappa shape index (κ1) is 19.9. The van der Waals surface area contributed by atoms with Gasteiger partial charge in [0.2, 0.25) is 0 Å². The van der Waals surface area contributed by atoms with Gasteiger partial charge in [-0.2, -0.15) is 0 Å². The minimum Gasteiger partial charge on any atom is -0.508 e. The fourth-order valence-electron chi connectivity index (χ4n) is 3.67. The Hall–Kier alpha value is -3.36. The van der Waals surface area contributed by atoms with E-state index >= 15 is 0 Å². The van der Waals surface area contributed by atoms with E-state index in [2.05, 4.69) is 0 Å². The summed E-state index contributed by atoms with van der Waals surface area (Å²) in [4.78, 5) is 25.1. The normalized spacial score (nSPS) is 21.7. The van der Waals surface area contributed by atoms with Crippen LogP contribution in [0, 0.1) is 0 Å². The first-order valence-electron chi connectivity index (χ1n) is 9.33. The Kier molecular flexibility index (Phi) is 4.97. The monoisotopic (exact) mass is 412 g/mol. The second-order valence-corrected chi connectivity index (χ2v) is 7.18. The molecule has 2 aromatic carbocycles. The molecule has 0 amide bonds. The highest BCUT2D eigenvalue weighted by Crippen LogP contribution is 2.43. The summed E-state index contributed by atoms with van der Waals surface area (Å²) >= 11 is 0. The van der Waals surface area contributed by atoms with Crippen molar-refractivity contribution < 1.29 is 34.0 Å². The number of benzene rings is 2. The number of aromatic hydroxyl groups is 2. The number of ether oxygens (including phenoxy) is 2. The fourth-order valence-corrected chi connectivity index (χ4v) is 3.67. The summed E-state index contributed by atoms with van der Waals surface area (Å²) in [6.45, 7) is 1.57. The lowest BCUT2D eigenvalue weighted by atomic mass is 9.93. The molecular formula is C22H20O8. The highest BCUT2D eigenvalue weighted by molar-refractivity contribution is 5.91. The second-order valence-electron chi connectivity index (χ2n) is 7.18. The average Bonchev–Trinajstić information content (AvgIpc) is 2.71. The predicted octanol–water partition coefficient (Wildman–Crippen LogP) is 2.66. The largest absolute Gasteiger partial charge is 0.508 e. The lowest BCUT2D eigenvalue weighted by molar-refractivity contribution is -0.155. The van der Waals surface area contributed by atoms with Crippen LogP contribution in [0.25, 0.3) is 22.3 Å². The molecule has 0 unspecified atom stereocenters. The predicted molar refractivity (Wildman–Crippen MR) is 107 cm³/mol. The number of phenols is 2. The van der Waals surface area contributed by atoms with Gasteiger partial charge in [-0.3, -0.25) is 9.59 Å². The smallest absolute Gasteiger partial charge is 0.197 e. The third-order valence-corrected chi connectivity index (χ3v) is 5.22. The zero-order valence-corrected chi connectivity index (χ0v) is 16.3. The van der Waals surface area contributed by atoms with Crippen molar-refractivity contribution in [1.29, 1.82) is 0 Å². The molecule has 3 aromatic rings. The molecule has 0 radical (unpaired) electrons. The van der Waals surface area contributed by atoms with Crippen LogP contribution in [0.4, 0.5) is 0 Å². The molecule has 1 aliphatic heterocycles. The first-order chi connectivity index (χ1) is 14.3. The lowest BCUT2D eigenvalue weighted by Gasteiger charge is -2.31. The summed E-state index contributed by atoms with van der Waals surface area (Å²) in [6, 6.07) is 8.59. The third kappa shape index (κ3) is 3.30. The molecule has 30 heavy (non-hydrogen) atoms. The number of rotatable bonds is 3. The van der Waals surface area contributed by atoms with Crippen LogP contribution in [0.1, 0.15) is 25.0 Å². The van der Waals surface area contributed by atoms with Crippen molar-refractivity contribution in [2.24, 2.45) is 0 Å². The Morgan fingerprint density at radius 3 is 2.43 bits per heavy atom. The maximum absolute atomic E-state index is 12.8. The standard InChI is InChI=1S/C22H20O8/c1-10-21(27)15(26)9-18(29-10)20-17(28-2)8-14(25)19-13(24)7-16(30-22(19)20)11-3-5-12(23)6-4-11/h3-8,10,18,21,23,25,27H,9H2,1-2H3/t10-,18-,21-/m1/s1. The van der Waals surface area contributed by atoms with Crippen molar-refractivity contribution in [2.45, 2.75) is 31.7 Å². The molecule has 4 rings (SSSR count). The van der Waals surface area contributed by atoms with E-state index < -0.39 is 29.5 Å². The average molecular weight is 412 g/mol. The minimum absolute atomic E-state index is 0.0313. The molecule has 1 aliphatic rings. The van der Waals surface area contributed by atoms with E-state index in [4.69, 9.17) is 13.9 Å². The van der Waals surface area contributed by atoms with Crippen molar-refractivity contribution in [3.63, 3.8) is 0 Å². The van der Waals surface area contributed by atoms with Gasteiger partial charge in [0, 0.05) is 24.1 Å². The number of aliphatic hydroxyl groups excluding tert-OH is 1. The van der Waals surface area contributed by atoms with Crippen LogP contribution in [0.3, 0.4) is 0 Å². The summed E-state index contributed by atoms with van der Waals surface area (Å²) in [5.74, 6) is -0.279. The molecule has 3 N–H and O–H groups in total. The van der Waals surface area contributed by atoms with Gasteiger partial charge in [-0.1, -0.05) is 0 Å². The Labute approximate surface area is 170 Å². The number of hydrogen-bond donors (Lipinski definition) is 3. The summed E-state index contributed by atoms with van der Waals surface area (Å²) in [7, 11) is 1.38. The molecule has 1 fully saturated rings. The van der Waals surface area contributed by atoms with E-state index in [9.17, 15) is 24.9 Å². The number of carbonyl (C=O) groups excluding carboxylic acids is 1. The summed E-state index contributed by atoms with van der Waals surface area (Å²) < 4.78 is 17.2.